The Balaban J connectivity index is 4.06. The van der Waals surface area contributed by atoms with Crippen molar-refractivity contribution in [3.05, 3.63) is 0 Å². The van der Waals surface area contributed by atoms with E-state index in [2.05, 4.69) is 4.74 Å². The predicted molar refractivity (Wildman–Crippen MR) is 39.2 cm³/mol. The van der Waals surface area contributed by atoms with Crippen LogP contribution >= 0.6 is 0 Å². The van der Waals surface area contributed by atoms with Gasteiger partial charge in [0.15, 0.2) is 0 Å². The first-order valence-corrected chi connectivity index (χ1v) is 3.26. The number of methoxy groups -OCH3 is 1. The van der Waals surface area contributed by atoms with Gasteiger partial charge in [0.25, 0.3) is 0 Å². The van der Waals surface area contributed by atoms with E-state index in [0.29, 0.717) is 12.1 Å². The van der Waals surface area contributed by atoms with Gasteiger partial charge in [0.2, 0.25) is 0 Å². The van der Waals surface area contributed by atoms with Crippen molar-refractivity contribution in [2.45, 2.75) is 20.3 Å². The van der Waals surface area contributed by atoms with Crippen LogP contribution in [0.1, 0.15) is 20.3 Å². The SMILES string of the molecule is CCC(C(C)=N)C(=O)OC. The Labute approximate surface area is 60.9 Å². The van der Waals surface area contributed by atoms with Gasteiger partial charge in [0.1, 0.15) is 0 Å². The highest BCUT2D eigenvalue weighted by atomic mass is 16.5. The van der Waals surface area contributed by atoms with Crippen LogP contribution in [0, 0.1) is 11.3 Å². The van der Waals surface area contributed by atoms with E-state index in [-0.39, 0.29) is 11.9 Å². The maximum absolute atomic E-state index is 10.8. The average molecular weight is 143 g/mol. The van der Waals surface area contributed by atoms with E-state index in [1.165, 1.54) is 7.11 Å². The normalized spacial score (nSPS) is 12.3. The van der Waals surface area contributed by atoms with Gasteiger partial charge in [-0.15, -0.1) is 0 Å². The Morgan fingerprint density at radius 1 is 1.70 bits per heavy atom. The van der Waals surface area contributed by atoms with Crippen molar-refractivity contribution in [3.8, 4) is 0 Å². The third-order valence-corrected chi connectivity index (χ3v) is 1.42. The Kier molecular flexibility index (Phi) is 3.69. The minimum atomic E-state index is -0.343. The molecule has 10 heavy (non-hydrogen) atoms. The molecule has 0 radical (unpaired) electrons. The highest BCUT2D eigenvalue weighted by molar-refractivity contribution is 5.99. The molecule has 0 fully saturated rings. The van der Waals surface area contributed by atoms with Gasteiger partial charge in [-0.1, -0.05) is 6.92 Å². The second-order valence-corrected chi connectivity index (χ2v) is 2.17. The molecule has 0 heterocycles. The summed E-state index contributed by atoms with van der Waals surface area (Å²) in [6, 6.07) is 0. The van der Waals surface area contributed by atoms with Gasteiger partial charge in [-0.3, -0.25) is 4.79 Å². The molecule has 3 heteroatoms. The summed E-state index contributed by atoms with van der Waals surface area (Å²) >= 11 is 0. The molecule has 0 aliphatic heterocycles. The summed E-state index contributed by atoms with van der Waals surface area (Å²) in [4.78, 5) is 10.8. The van der Waals surface area contributed by atoms with Gasteiger partial charge in [-0.25, -0.2) is 0 Å². The van der Waals surface area contributed by atoms with Gasteiger partial charge >= 0.3 is 5.97 Å². The molecular formula is C7H13NO2. The zero-order valence-corrected chi connectivity index (χ0v) is 6.60. The van der Waals surface area contributed by atoms with E-state index >= 15 is 0 Å². The van der Waals surface area contributed by atoms with Gasteiger partial charge in [0, 0.05) is 5.71 Å². The maximum atomic E-state index is 10.8. The highest BCUT2D eigenvalue weighted by Crippen LogP contribution is 2.05. The van der Waals surface area contributed by atoms with Crippen molar-refractivity contribution in [1.82, 2.24) is 0 Å². The predicted octanol–water partition coefficient (Wildman–Crippen LogP) is 1.23. The molecule has 0 aromatic rings. The van der Waals surface area contributed by atoms with Crippen LogP contribution in [0.15, 0.2) is 0 Å². The van der Waals surface area contributed by atoms with Crippen LogP contribution in [0.4, 0.5) is 0 Å². The summed E-state index contributed by atoms with van der Waals surface area (Å²) in [6.07, 6.45) is 0.641. The molecule has 0 aromatic carbocycles. The van der Waals surface area contributed by atoms with Crippen LogP contribution in [0.5, 0.6) is 0 Å². The van der Waals surface area contributed by atoms with Gasteiger partial charge in [0.05, 0.1) is 13.0 Å². The van der Waals surface area contributed by atoms with Crippen LogP contribution in [0.25, 0.3) is 0 Å². The number of esters is 1. The third kappa shape index (κ3) is 2.17. The number of rotatable bonds is 3. The lowest BCUT2D eigenvalue weighted by atomic mass is 10.0. The molecule has 0 aromatic heterocycles. The smallest absolute Gasteiger partial charge is 0.314 e. The molecule has 1 atom stereocenters. The lowest BCUT2D eigenvalue weighted by Gasteiger charge is -2.09. The number of ether oxygens (including phenoxy) is 1. The fourth-order valence-electron chi connectivity index (χ4n) is 0.792. The lowest BCUT2D eigenvalue weighted by molar-refractivity contribution is -0.143. The van der Waals surface area contributed by atoms with E-state index in [0.717, 1.165) is 0 Å². The standard InChI is InChI=1S/C7H13NO2/c1-4-6(5(2)8)7(9)10-3/h6,8H,4H2,1-3H3. The molecule has 1 unspecified atom stereocenters. The minimum absolute atomic E-state index is 0.310. The van der Waals surface area contributed by atoms with Crippen LogP contribution < -0.4 is 0 Å². The summed E-state index contributed by atoms with van der Waals surface area (Å²) in [7, 11) is 1.34. The van der Waals surface area contributed by atoms with Crippen LogP contribution in [-0.4, -0.2) is 18.8 Å². The first kappa shape index (κ1) is 9.14. The lowest BCUT2D eigenvalue weighted by Crippen LogP contribution is -2.21. The third-order valence-electron chi connectivity index (χ3n) is 1.42. The quantitative estimate of drug-likeness (QED) is 0.477. The van der Waals surface area contributed by atoms with Crippen molar-refractivity contribution in [2.24, 2.45) is 5.92 Å². The zero-order valence-electron chi connectivity index (χ0n) is 6.60. The Morgan fingerprint density at radius 2 is 2.20 bits per heavy atom. The van der Waals surface area contributed by atoms with Crippen molar-refractivity contribution in [3.63, 3.8) is 0 Å². The molecule has 0 spiro atoms. The molecule has 0 amide bonds. The van der Waals surface area contributed by atoms with Crippen molar-refractivity contribution >= 4 is 11.7 Å². The van der Waals surface area contributed by atoms with Gasteiger partial charge in [-0.2, -0.15) is 0 Å². The number of nitrogens with one attached hydrogen (secondary N) is 1. The summed E-state index contributed by atoms with van der Waals surface area (Å²) in [5.74, 6) is -0.653. The molecule has 3 nitrogen and oxygen atoms in total. The fourth-order valence-corrected chi connectivity index (χ4v) is 0.792. The van der Waals surface area contributed by atoms with Crippen LogP contribution in [0.3, 0.4) is 0 Å². The van der Waals surface area contributed by atoms with Crippen molar-refractivity contribution in [1.29, 1.82) is 5.41 Å². The monoisotopic (exact) mass is 143 g/mol. The van der Waals surface area contributed by atoms with E-state index in [4.69, 9.17) is 5.41 Å². The van der Waals surface area contributed by atoms with Crippen molar-refractivity contribution in [2.75, 3.05) is 7.11 Å². The Bertz CT molecular complexity index is 143. The van der Waals surface area contributed by atoms with E-state index in [1.54, 1.807) is 6.92 Å². The average Bonchev–Trinajstić information content (AvgIpc) is 1.88. The molecule has 1 N–H and O–H groups in total. The minimum Gasteiger partial charge on any atom is -0.469 e. The van der Waals surface area contributed by atoms with Crippen molar-refractivity contribution < 1.29 is 9.53 Å². The second-order valence-electron chi connectivity index (χ2n) is 2.17. The maximum Gasteiger partial charge on any atom is 0.314 e. The first-order chi connectivity index (χ1) is 4.63. The largest absolute Gasteiger partial charge is 0.469 e. The number of hydrogen-bond acceptors (Lipinski definition) is 3. The molecule has 0 saturated carbocycles. The molecular weight excluding hydrogens is 130 g/mol. The fraction of sp³-hybridized carbons (Fsp3) is 0.714. The summed E-state index contributed by atoms with van der Waals surface area (Å²) in [5.41, 5.74) is 0.370. The van der Waals surface area contributed by atoms with Crippen LogP contribution in [0.2, 0.25) is 0 Å². The molecule has 0 saturated heterocycles. The topological polar surface area (TPSA) is 50.2 Å². The molecule has 0 aliphatic rings. The summed E-state index contributed by atoms with van der Waals surface area (Å²) in [6.45, 7) is 3.48. The Hall–Kier alpha value is -0.860. The summed E-state index contributed by atoms with van der Waals surface area (Å²) < 4.78 is 4.48. The number of hydrogen-bond donors (Lipinski definition) is 1. The van der Waals surface area contributed by atoms with Gasteiger partial charge < -0.3 is 10.1 Å². The molecule has 0 aliphatic carbocycles. The van der Waals surface area contributed by atoms with E-state index in [1.807, 2.05) is 6.92 Å². The van der Waals surface area contributed by atoms with E-state index < -0.39 is 0 Å². The number of carbonyl (C=O) groups excluding carboxylic acids is 1. The highest BCUT2D eigenvalue weighted by Gasteiger charge is 2.18. The summed E-state index contributed by atoms with van der Waals surface area (Å²) in [5, 5.41) is 7.18. The van der Waals surface area contributed by atoms with Crippen LogP contribution in [-0.2, 0) is 9.53 Å². The first-order valence-electron chi connectivity index (χ1n) is 3.26. The zero-order chi connectivity index (χ0) is 8.15. The van der Waals surface area contributed by atoms with E-state index in [9.17, 15) is 4.79 Å². The second kappa shape index (κ2) is 4.04. The number of carbonyl (C=O) groups is 1. The molecule has 58 valence electrons. The molecule has 0 bridgehead atoms. The molecule has 0 rings (SSSR count). The Morgan fingerprint density at radius 3 is 2.30 bits per heavy atom. The van der Waals surface area contributed by atoms with Gasteiger partial charge in [-0.05, 0) is 13.3 Å².